The first-order valence-electron chi connectivity index (χ1n) is 23.4. The number of benzene rings is 12. The van der Waals surface area contributed by atoms with E-state index in [1.165, 1.54) is 70.8 Å². The number of anilines is 3. The topological polar surface area (TPSA) is 8.17 Å². The van der Waals surface area contributed by atoms with E-state index < -0.39 is 0 Å². The van der Waals surface area contributed by atoms with Gasteiger partial charge >= 0.3 is 0 Å². The van der Waals surface area contributed by atoms with Crippen LogP contribution in [0.1, 0.15) is 0 Å². The monoisotopic (exact) mass is 864 g/mol. The molecule has 0 amide bonds. The number of hydrogen-bond acceptors (Lipinski definition) is 1. The minimum atomic E-state index is 1.07. The van der Waals surface area contributed by atoms with Crippen molar-refractivity contribution in [2.75, 3.05) is 4.90 Å². The van der Waals surface area contributed by atoms with E-state index in [-0.39, 0.29) is 0 Å². The van der Waals surface area contributed by atoms with E-state index >= 15 is 0 Å². The van der Waals surface area contributed by atoms with Crippen molar-refractivity contribution in [2.45, 2.75) is 0 Å². The molecule has 0 atom stereocenters. The van der Waals surface area contributed by atoms with E-state index in [4.69, 9.17) is 0 Å². The van der Waals surface area contributed by atoms with Crippen molar-refractivity contribution in [3.8, 4) is 50.2 Å². The third-order valence-electron chi connectivity index (χ3n) is 13.8. The Labute approximate surface area is 395 Å². The Morgan fingerprint density at radius 3 is 1.47 bits per heavy atom. The summed E-state index contributed by atoms with van der Waals surface area (Å²) in [5, 5.41) is 10.0. The maximum absolute atomic E-state index is 2.44. The molecule has 2 heteroatoms. The fourth-order valence-corrected chi connectivity index (χ4v) is 10.5. The molecule has 0 N–H and O–H groups in total. The molecule has 0 spiro atoms. The first kappa shape index (κ1) is 39.4. The van der Waals surface area contributed by atoms with Crippen molar-refractivity contribution < 1.29 is 0 Å². The van der Waals surface area contributed by atoms with Crippen molar-refractivity contribution in [3.05, 3.63) is 267 Å². The second kappa shape index (κ2) is 16.5. The van der Waals surface area contributed by atoms with Gasteiger partial charge in [-0.05, 0) is 138 Å². The van der Waals surface area contributed by atoms with Gasteiger partial charge in [0.2, 0.25) is 0 Å². The highest BCUT2D eigenvalue weighted by Gasteiger charge is 2.20. The smallest absolute Gasteiger partial charge is 0.0546 e. The van der Waals surface area contributed by atoms with E-state index in [1.807, 2.05) is 0 Å². The molecular weight excluding hydrogens is 821 g/mol. The van der Waals surface area contributed by atoms with Crippen LogP contribution >= 0.6 is 0 Å². The Bertz CT molecular complexity index is 3960. The molecule has 12 aromatic carbocycles. The Morgan fingerprint density at radius 2 is 0.750 bits per heavy atom. The van der Waals surface area contributed by atoms with Crippen LogP contribution in [0.2, 0.25) is 0 Å². The van der Waals surface area contributed by atoms with Gasteiger partial charge in [-0.1, -0.05) is 200 Å². The lowest BCUT2D eigenvalue weighted by Gasteiger charge is -2.29. The van der Waals surface area contributed by atoms with Gasteiger partial charge in [0.15, 0.2) is 0 Å². The molecule has 0 aliphatic heterocycles. The largest absolute Gasteiger partial charge is 0.310 e. The van der Waals surface area contributed by atoms with Crippen molar-refractivity contribution in [1.29, 1.82) is 0 Å². The van der Waals surface area contributed by atoms with Crippen LogP contribution in [0, 0.1) is 0 Å². The van der Waals surface area contributed by atoms with Crippen LogP contribution in [0.15, 0.2) is 267 Å². The van der Waals surface area contributed by atoms with Crippen LogP contribution < -0.4 is 4.90 Å². The van der Waals surface area contributed by atoms with Gasteiger partial charge in [-0.25, -0.2) is 0 Å². The summed E-state index contributed by atoms with van der Waals surface area (Å²) in [6, 6.07) is 97.6. The molecule has 1 aromatic heterocycles. The van der Waals surface area contributed by atoms with Crippen molar-refractivity contribution in [1.82, 2.24) is 4.57 Å². The molecule has 0 aliphatic carbocycles. The molecular formula is C66H44N2. The summed E-state index contributed by atoms with van der Waals surface area (Å²) >= 11 is 0. The molecule has 0 aliphatic rings. The third-order valence-corrected chi connectivity index (χ3v) is 13.8. The summed E-state index contributed by atoms with van der Waals surface area (Å²) in [4.78, 5) is 2.44. The van der Waals surface area contributed by atoms with Crippen molar-refractivity contribution >= 4 is 71.2 Å². The quantitative estimate of drug-likeness (QED) is 0.138. The molecule has 0 fully saturated rings. The average Bonchev–Trinajstić information content (AvgIpc) is 3.76. The lowest BCUT2D eigenvalue weighted by molar-refractivity contribution is 1.18. The van der Waals surface area contributed by atoms with Crippen LogP contribution in [0.25, 0.3) is 104 Å². The number of aromatic nitrogens is 1. The molecule has 318 valence electrons. The molecule has 68 heavy (non-hydrogen) atoms. The van der Waals surface area contributed by atoms with Crippen molar-refractivity contribution in [3.63, 3.8) is 0 Å². The van der Waals surface area contributed by atoms with Gasteiger partial charge in [0.05, 0.1) is 16.7 Å². The third kappa shape index (κ3) is 6.82. The first-order valence-corrected chi connectivity index (χ1v) is 23.4. The minimum absolute atomic E-state index is 1.07. The molecule has 13 aromatic rings. The fraction of sp³-hybridized carbons (Fsp3) is 0. The standard InChI is InChI=1S/C66H44N2/c1-2-16-47(17-3-1)58-40-35-52(51-30-29-45-15-4-5-18-49(45)41-51)44-66(58)67(55-38-33-48(34-39-55)63-43-53-19-6-7-22-57(53)59-23-8-9-24-60(59)63)54-36-31-46(32-37-54)50-20-14-21-56(42-50)68-64-27-12-10-25-61(64)62-26-11-13-28-65(62)68/h1-44H. The molecule has 13 rings (SSSR count). The zero-order valence-electron chi connectivity index (χ0n) is 37.3. The summed E-state index contributed by atoms with van der Waals surface area (Å²) in [5.41, 5.74) is 16.2. The van der Waals surface area contributed by atoms with Gasteiger partial charge in [0, 0.05) is 33.4 Å². The maximum atomic E-state index is 2.44. The summed E-state index contributed by atoms with van der Waals surface area (Å²) in [6.45, 7) is 0. The highest BCUT2D eigenvalue weighted by atomic mass is 15.1. The van der Waals surface area contributed by atoms with E-state index in [9.17, 15) is 0 Å². The Hall–Kier alpha value is -8.98. The number of fused-ring (bicyclic) bond motifs is 7. The summed E-state index contributed by atoms with van der Waals surface area (Å²) in [6.07, 6.45) is 0. The molecule has 2 nitrogen and oxygen atoms in total. The molecule has 0 radical (unpaired) electrons. The predicted molar refractivity (Wildman–Crippen MR) is 290 cm³/mol. The van der Waals surface area contributed by atoms with Gasteiger partial charge in [-0.2, -0.15) is 0 Å². The lowest BCUT2D eigenvalue weighted by atomic mass is 9.93. The average molecular weight is 865 g/mol. The first-order chi connectivity index (χ1) is 33.7. The Morgan fingerprint density at radius 1 is 0.250 bits per heavy atom. The molecule has 0 saturated carbocycles. The van der Waals surface area contributed by atoms with Crippen LogP contribution in [0.4, 0.5) is 17.1 Å². The van der Waals surface area contributed by atoms with Crippen molar-refractivity contribution in [2.24, 2.45) is 0 Å². The highest BCUT2D eigenvalue weighted by Crippen LogP contribution is 2.45. The number of para-hydroxylation sites is 2. The van der Waals surface area contributed by atoms with Gasteiger partial charge < -0.3 is 9.47 Å². The van der Waals surface area contributed by atoms with E-state index in [0.29, 0.717) is 0 Å². The van der Waals surface area contributed by atoms with Crippen LogP contribution in [-0.2, 0) is 0 Å². The molecule has 0 bridgehead atoms. The minimum Gasteiger partial charge on any atom is -0.310 e. The second-order valence-corrected chi connectivity index (χ2v) is 17.7. The fourth-order valence-electron chi connectivity index (χ4n) is 10.5. The summed E-state index contributed by atoms with van der Waals surface area (Å²) in [5.74, 6) is 0. The summed E-state index contributed by atoms with van der Waals surface area (Å²) in [7, 11) is 0. The number of nitrogens with zero attached hydrogens (tertiary/aromatic N) is 2. The molecule has 0 unspecified atom stereocenters. The van der Waals surface area contributed by atoms with E-state index in [1.54, 1.807) is 0 Å². The maximum Gasteiger partial charge on any atom is 0.0546 e. The van der Waals surface area contributed by atoms with Crippen LogP contribution in [0.3, 0.4) is 0 Å². The van der Waals surface area contributed by atoms with E-state index in [0.717, 1.165) is 50.6 Å². The van der Waals surface area contributed by atoms with Crippen LogP contribution in [0.5, 0.6) is 0 Å². The second-order valence-electron chi connectivity index (χ2n) is 17.7. The normalized spacial score (nSPS) is 11.5. The van der Waals surface area contributed by atoms with Crippen LogP contribution in [-0.4, -0.2) is 4.57 Å². The zero-order chi connectivity index (χ0) is 45.0. The zero-order valence-corrected chi connectivity index (χ0v) is 37.3. The molecule has 1 heterocycles. The highest BCUT2D eigenvalue weighted by molar-refractivity contribution is 6.14. The number of rotatable bonds is 8. The van der Waals surface area contributed by atoms with Gasteiger partial charge in [-0.3, -0.25) is 0 Å². The van der Waals surface area contributed by atoms with E-state index in [2.05, 4.69) is 276 Å². The summed E-state index contributed by atoms with van der Waals surface area (Å²) < 4.78 is 2.39. The lowest BCUT2D eigenvalue weighted by Crippen LogP contribution is -2.11. The molecule has 0 saturated heterocycles. The Kier molecular flexibility index (Phi) is 9.54. The number of hydrogen-bond donors (Lipinski definition) is 0. The SMILES string of the molecule is c1ccc(-c2ccc(-c3ccc4ccccc4c3)cc2N(c2ccc(-c3cccc(-n4c5ccccc5c5ccccc54)c3)cc2)c2ccc(-c3cc4ccccc4c4ccccc34)cc2)cc1. The van der Waals surface area contributed by atoms with Gasteiger partial charge in [0.1, 0.15) is 0 Å². The Balaban J connectivity index is 0.965. The van der Waals surface area contributed by atoms with Gasteiger partial charge in [0.25, 0.3) is 0 Å². The van der Waals surface area contributed by atoms with Gasteiger partial charge in [-0.15, -0.1) is 0 Å². The predicted octanol–water partition coefficient (Wildman–Crippen LogP) is 18.4.